The Morgan fingerprint density at radius 3 is 2.34 bits per heavy atom. The van der Waals surface area contributed by atoms with Gasteiger partial charge in [-0.15, -0.1) is 10.2 Å². The van der Waals surface area contributed by atoms with Gasteiger partial charge in [-0.2, -0.15) is 0 Å². The number of thioether (sulfide) groups is 1. The average molecular weight is 412 g/mol. The number of benzene rings is 1. The fraction of sp³-hybridized carbons (Fsp3) is 0.333. The van der Waals surface area contributed by atoms with Crippen LogP contribution in [0.25, 0.3) is 17.1 Å². The lowest BCUT2D eigenvalue weighted by atomic mass is 10.2. The van der Waals surface area contributed by atoms with Gasteiger partial charge in [0.1, 0.15) is 5.75 Å². The van der Waals surface area contributed by atoms with Crippen molar-refractivity contribution in [3.8, 4) is 22.8 Å². The van der Waals surface area contributed by atoms with E-state index < -0.39 is 0 Å². The van der Waals surface area contributed by atoms with E-state index in [0.717, 1.165) is 17.0 Å². The van der Waals surface area contributed by atoms with Crippen LogP contribution < -0.4 is 4.74 Å². The number of hydrogen-bond donors (Lipinski definition) is 0. The molecule has 2 heterocycles. The minimum atomic E-state index is 0.0895. The van der Waals surface area contributed by atoms with Gasteiger partial charge in [0.15, 0.2) is 11.0 Å². The van der Waals surface area contributed by atoms with Crippen LogP contribution in [0.4, 0.5) is 0 Å². The van der Waals surface area contributed by atoms with E-state index in [9.17, 15) is 4.79 Å². The lowest BCUT2D eigenvalue weighted by Gasteiger charge is -2.18. The molecule has 0 fully saturated rings. The Morgan fingerprint density at radius 2 is 1.72 bits per heavy atom. The topological polar surface area (TPSA) is 73.1 Å². The zero-order valence-corrected chi connectivity index (χ0v) is 17.7. The number of carbonyl (C=O) groups excluding carboxylic acids is 1. The van der Waals surface area contributed by atoms with Crippen molar-refractivity contribution in [3.63, 3.8) is 0 Å². The molecule has 8 heteroatoms. The van der Waals surface area contributed by atoms with Crippen molar-refractivity contribution in [2.24, 2.45) is 0 Å². The van der Waals surface area contributed by atoms with E-state index >= 15 is 0 Å². The van der Waals surface area contributed by atoms with Gasteiger partial charge >= 0.3 is 0 Å². The lowest BCUT2D eigenvalue weighted by molar-refractivity contribution is -0.127. The zero-order chi connectivity index (χ0) is 20.6. The molecule has 0 radical (unpaired) electrons. The maximum Gasteiger partial charge on any atom is 0.233 e. The van der Waals surface area contributed by atoms with Crippen LogP contribution >= 0.6 is 11.8 Å². The summed E-state index contributed by atoms with van der Waals surface area (Å²) in [5.74, 6) is 1.91. The van der Waals surface area contributed by atoms with Crippen LogP contribution in [0.2, 0.25) is 0 Å². The minimum Gasteiger partial charge on any atom is -0.494 e. The molecule has 0 aliphatic rings. The highest BCUT2D eigenvalue weighted by Crippen LogP contribution is 2.28. The third-order valence-corrected chi connectivity index (χ3v) is 5.33. The quantitative estimate of drug-likeness (QED) is 0.500. The monoisotopic (exact) mass is 411 g/mol. The summed E-state index contributed by atoms with van der Waals surface area (Å²) in [6.07, 6.45) is 3.45. The van der Waals surface area contributed by atoms with Gasteiger partial charge < -0.3 is 9.64 Å². The summed E-state index contributed by atoms with van der Waals surface area (Å²) in [6, 6.07) is 11.6. The molecular formula is C21H25N5O2S. The Kier molecular flexibility index (Phi) is 7.24. The smallest absolute Gasteiger partial charge is 0.233 e. The molecule has 1 aromatic carbocycles. The second kappa shape index (κ2) is 10.1. The first-order valence-corrected chi connectivity index (χ1v) is 10.7. The Morgan fingerprint density at radius 1 is 1.03 bits per heavy atom. The zero-order valence-electron chi connectivity index (χ0n) is 16.9. The predicted octanol–water partition coefficient (Wildman–Crippen LogP) is 3.69. The molecule has 2 aromatic heterocycles. The van der Waals surface area contributed by atoms with Crippen molar-refractivity contribution >= 4 is 17.7 Å². The van der Waals surface area contributed by atoms with Gasteiger partial charge in [-0.3, -0.25) is 14.3 Å². The molecule has 0 spiro atoms. The van der Waals surface area contributed by atoms with Crippen molar-refractivity contribution in [1.29, 1.82) is 0 Å². The van der Waals surface area contributed by atoms with Gasteiger partial charge in [0.2, 0.25) is 5.91 Å². The summed E-state index contributed by atoms with van der Waals surface area (Å²) >= 11 is 1.39. The molecule has 0 aliphatic carbocycles. The van der Waals surface area contributed by atoms with Gasteiger partial charge in [-0.25, -0.2) is 0 Å². The van der Waals surface area contributed by atoms with Crippen molar-refractivity contribution in [3.05, 3.63) is 48.8 Å². The van der Waals surface area contributed by atoms with E-state index in [1.165, 1.54) is 11.8 Å². The molecule has 0 N–H and O–H groups in total. The SMILES string of the molecule is CCOc1ccc(-n2c(SCC(=O)N(CC)CC)nnc2-c2ccncc2)cc1. The van der Waals surface area contributed by atoms with Crippen molar-refractivity contribution < 1.29 is 9.53 Å². The highest BCUT2D eigenvalue weighted by molar-refractivity contribution is 7.99. The van der Waals surface area contributed by atoms with Crippen LogP contribution in [-0.4, -0.2) is 56.0 Å². The summed E-state index contributed by atoms with van der Waals surface area (Å²) in [5, 5.41) is 9.43. The summed E-state index contributed by atoms with van der Waals surface area (Å²) in [4.78, 5) is 18.3. The Bertz CT molecular complexity index is 924. The molecule has 29 heavy (non-hydrogen) atoms. The molecule has 1 amide bonds. The first kappa shape index (κ1) is 20.9. The van der Waals surface area contributed by atoms with Crippen LogP contribution in [0.15, 0.2) is 53.9 Å². The van der Waals surface area contributed by atoms with Crippen LogP contribution in [0.1, 0.15) is 20.8 Å². The molecule has 0 bridgehead atoms. The maximum absolute atomic E-state index is 12.4. The van der Waals surface area contributed by atoms with Crippen molar-refractivity contribution in [2.45, 2.75) is 25.9 Å². The van der Waals surface area contributed by atoms with Crippen LogP contribution in [0, 0.1) is 0 Å². The molecule has 0 aliphatic heterocycles. The second-order valence-corrected chi connectivity index (χ2v) is 7.10. The molecule has 0 saturated carbocycles. The predicted molar refractivity (Wildman–Crippen MR) is 114 cm³/mol. The highest BCUT2D eigenvalue weighted by Gasteiger charge is 2.18. The number of ether oxygens (including phenoxy) is 1. The van der Waals surface area contributed by atoms with Gasteiger partial charge in [-0.1, -0.05) is 11.8 Å². The summed E-state index contributed by atoms with van der Waals surface area (Å²) in [6.45, 7) is 7.93. The van der Waals surface area contributed by atoms with Crippen molar-refractivity contribution in [1.82, 2.24) is 24.6 Å². The average Bonchev–Trinajstić information content (AvgIpc) is 3.18. The van der Waals surface area contributed by atoms with Crippen LogP contribution in [0.5, 0.6) is 5.75 Å². The molecule has 0 saturated heterocycles. The summed E-state index contributed by atoms with van der Waals surface area (Å²) < 4.78 is 7.51. The van der Waals surface area contributed by atoms with E-state index in [1.54, 1.807) is 12.4 Å². The normalized spacial score (nSPS) is 10.7. The molecule has 3 aromatic rings. The van der Waals surface area contributed by atoms with Gasteiger partial charge in [0.05, 0.1) is 12.4 Å². The standard InChI is InChI=1S/C21H25N5O2S/c1-4-25(5-2)19(27)15-29-21-24-23-20(16-11-13-22-14-12-16)26(21)17-7-9-18(10-8-17)28-6-3/h7-14H,4-6,15H2,1-3H3. The van der Waals surface area contributed by atoms with E-state index in [2.05, 4.69) is 15.2 Å². The molecular weight excluding hydrogens is 386 g/mol. The number of rotatable bonds is 9. The number of carbonyl (C=O) groups is 1. The number of pyridine rings is 1. The minimum absolute atomic E-state index is 0.0895. The number of hydrogen-bond acceptors (Lipinski definition) is 6. The molecule has 3 rings (SSSR count). The van der Waals surface area contributed by atoms with Gasteiger partial charge in [0, 0.05) is 36.7 Å². The fourth-order valence-electron chi connectivity index (χ4n) is 2.94. The maximum atomic E-state index is 12.4. The Hall–Kier alpha value is -2.87. The largest absolute Gasteiger partial charge is 0.494 e. The van der Waals surface area contributed by atoms with Crippen LogP contribution in [-0.2, 0) is 4.79 Å². The molecule has 152 valence electrons. The fourth-order valence-corrected chi connectivity index (χ4v) is 3.79. The van der Waals surface area contributed by atoms with Crippen molar-refractivity contribution in [2.75, 3.05) is 25.4 Å². The number of amides is 1. The highest BCUT2D eigenvalue weighted by atomic mass is 32.2. The first-order valence-electron chi connectivity index (χ1n) is 9.67. The van der Waals surface area contributed by atoms with Gasteiger partial charge in [-0.05, 0) is 57.2 Å². The summed E-state index contributed by atoms with van der Waals surface area (Å²) in [5.41, 5.74) is 1.81. The first-order chi connectivity index (χ1) is 14.2. The number of nitrogens with zero attached hydrogens (tertiary/aromatic N) is 5. The van der Waals surface area contributed by atoms with E-state index in [1.807, 2.05) is 66.6 Å². The molecule has 7 nitrogen and oxygen atoms in total. The Labute approximate surface area is 175 Å². The third kappa shape index (κ3) is 4.95. The Balaban J connectivity index is 1.94. The lowest BCUT2D eigenvalue weighted by Crippen LogP contribution is -2.31. The second-order valence-electron chi connectivity index (χ2n) is 6.16. The van der Waals surface area contributed by atoms with Crippen LogP contribution in [0.3, 0.4) is 0 Å². The molecule has 0 atom stereocenters. The van der Waals surface area contributed by atoms with E-state index in [4.69, 9.17) is 4.74 Å². The van der Waals surface area contributed by atoms with Gasteiger partial charge in [0.25, 0.3) is 0 Å². The molecule has 0 unspecified atom stereocenters. The third-order valence-electron chi connectivity index (χ3n) is 4.42. The van der Waals surface area contributed by atoms with E-state index in [-0.39, 0.29) is 5.91 Å². The summed E-state index contributed by atoms with van der Waals surface area (Å²) in [7, 11) is 0. The number of aromatic nitrogens is 4. The van der Waals surface area contributed by atoms with E-state index in [0.29, 0.717) is 36.4 Å².